The van der Waals surface area contributed by atoms with Crippen LogP contribution < -0.4 is 10.4 Å². The molecule has 0 heterocycles. The molecule has 1 atom stereocenters. The van der Waals surface area contributed by atoms with Gasteiger partial charge < -0.3 is 0 Å². The second kappa shape index (κ2) is 16.3. The van der Waals surface area contributed by atoms with Crippen LogP contribution in [0.4, 0.5) is 0 Å². The first-order chi connectivity index (χ1) is 14.4. The van der Waals surface area contributed by atoms with Crippen LogP contribution in [0, 0.1) is 0 Å². The summed E-state index contributed by atoms with van der Waals surface area (Å²) in [7, 11) is -2.09. The number of unbranched alkanes of at least 4 members (excludes halogenated alkanes) is 11. The molecule has 0 aliphatic rings. The van der Waals surface area contributed by atoms with Crippen molar-refractivity contribution in [3.8, 4) is 0 Å². The van der Waals surface area contributed by atoms with Gasteiger partial charge in [-0.1, -0.05) is 171 Å². The van der Waals surface area contributed by atoms with E-state index in [-0.39, 0.29) is 0 Å². The second-order valence-corrected chi connectivity index (χ2v) is 18.5. The lowest BCUT2D eigenvalue weighted by molar-refractivity contribution is 0.524. The van der Waals surface area contributed by atoms with Gasteiger partial charge >= 0.3 is 0 Å². The van der Waals surface area contributed by atoms with Crippen molar-refractivity contribution >= 4 is 27.2 Å². The summed E-state index contributed by atoms with van der Waals surface area (Å²) in [5.74, 6) is 0. The maximum absolute atomic E-state index is 2.66. The topological polar surface area (TPSA) is 0 Å². The molecule has 0 fully saturated rings. The van der Waals surface area contributed by atoms with E-state index >= 15 is 0 Å². The maximum atomic E-state index is 2.66. The van der Waals surface area contributed by atoms with Crippen molar-refractivity contribution < 1.29 is 0 Å². The lowest BCUT2D eigenvalue weighted by atomic mass is 10.0. The minimum absolute atomic E-state index is 0.681. The fraction of sp³-hybridized carbons (Fsp3) is 0.786. The molecule has 0 nitrogen and oxygen atoms in total. The van der Waals surface area contributed by atoms with Gasteiger partial charge in [0, 0.05) is 0 Å². The molecule has 0 aliphatic carbocycles. The van der Waals surface area contributed by atoms with Crippen LogP contribution in [-0.4, -0.2) is 16.9 Å². The van der Waals surface area contributed by atoms with Gasteiger partial charge in [-0.2, -0.15) is 0 Å². The van der Waals surface area contributed by atoms with E-state index < -0.39 is 16.9 Å². The predicted molar refractivity (Wildman–Crippen MR) is 146 cm³/mol. The van der Waals surface area contributed by atoms with Gasteiger partial charge in [-0.3, -0.25) is 0 Å². The number of rotatable bonds is 18. The Balaban J connectivity index is 2.64. The highest BCUT2D eigenvalue weighted by molar-refractivity contribution is 6.91. The number of hydrogen-bond acceptors (Lipinski definition) is 0. The lowest BCUT2D eigenvalue weighted by Crippen LogP contribution is -2.46. The molecule has 0 radical (unpaired) electrons. The molecular weight excluding hydrogens is 392 g/mol. The van der Waals surface area contributed by atoms with E-state index in [1.54, 1.807) is 10.4 Å². The first kappa shape index (κ1) is 27.7. The molecule has 30 heavy (non-hydrogen) atoms. The number of hydrogen-bond donors (Lipinski definition) is 0. The molecule has 1 aromatic rings. The van der Waals surface area contributed by atoms with E-state index in [9.17, 15) is 0 Å². The van der Waals surface area contributed by atoms with Crippen molar-refractivity contribution in [2.24, 2.45) is 0 Å². The first-order valence-electron chi connectivity index (χ1n) is 13.5. The molecule has 174 valence electrons. The van der Waals surface area contributed by atoms with Crippen molar-refractivity contribution in [1.82, 2.24) is 0 Å². The molecule has 0 aromatic heterocycles. The van der Waals surface area contributed by atoms with Crippen molar-refractivity contribution in [3.63, 3.8) is 0 Å². The molecule has 0 amide bonds. The average Bonchev–Trinajstić information content (AvgIpc) is 2.73. The zero-order chi connectivity index (χ0) is 22.2. The van der Waals surface area contributed by atoms with Gasteiger partial charge in [0.05, 0.1) is 16.9 Å². The largest absolute Gasteiger partial charge is 0.0836 e. The molecule has 0 bridgehead atoms. The summed E-state index contributed by atoms with van der Waals surface area (Å²) in [5.41, 5.74) is 0.960. The fourth-order valence-electron chi connectivity index (χ4n) is 4.92. The molecule has 1 aromatic carbocycles. The van der Waals surface area contributed by atoms with Crippen molar-refractivity contribution in [2.45, 2.75) is 142 Å². The third-order valence-corrected chi connectivity index (χ3v) is 13.6. The monoisotopic (exact) mass is 446 g/mol. The van der Waals surface area contributed by atoms with Gasteiger partial charge in [-0.15, -0.1) is 0 Å². The highest BCUT2D eigenvalue weighted by atomic mass is 28.3. The van der Waals surface area contributed by atoms with E-state index in [1.165, 1.54) is 96.3 Å². The summed E-state index contributed by atoms with van der Waals surface area (Å²) in [5, 5.41) is 3.34. The Kier molecular flexibility index (Phi) is 15.1. The van der Waals surface area contributed by atoms with Crippen LogP contribution in [-0.2, 0) is 0 Å². The molecule has 1 unspecified atom stereocenters. The molecule has 0 spiro atoms. The van der Waals surface area contributed by atoms with Crippen LogP contribution in [0.1, 0.15) is 110 Å². The van der Waals surface area contributed by atoms with Gasteiger partial charge in [-0.05, 0) is 5.54 Å². The average molecular weight is 447 g/mol. The summed E-state index contributed by atoms with van der Waals surface area (Å²) in [6.07, 6.45) is 21.6. The van der Waals surface area contributed by atoms with Crippen LogP contribution in [0.5, 0.6) is 0 Å². The van der Waals surface area contributed by atoms with Gasteiger partial charge in [0.25, 0.3) is 0 Å². The van der Waals surface area contributed by atoms with E-state index in [2.05, 4.69) is 64.3 Å². The van der Waals surface area contributed by atoms with Gasteiger partial charge in [-0.25, -0.2) is 0 Å². The quantitative estimate of drug-likeness (QED) is 0.156. The highest BCUT2D eigenvalue weighted by Gasteiger charge is 2.32. The molecular formula is C28H54Si2. The Morgan fingerprint density at radius 1 is 0.633 bits per heavy atom. The fourth-order valence-corrected chi connectivity index (χ4v) is 9.23. The molecule has 0 saturated carbocycles. The third kappa shape index (κ3) is 10.8. The van der Waals surface area contributed by atoms with E-state index in [4.69, 9.17) is 0 Å². The Morgan fingerprint density at radius 2 is 1.03 bits per heavy atom. The minimum Gasteiger partial charge on any atom is -0.0682 e. The van der Waals surface area contributed by atoms with E-state index in [0.29, 0.717) is 0 Å². The van der Waals surface area contributed by atoms with Gasteiger partial charge in [0.15, 0.2) is 0 Å². The van der Waals surface area contributed by atoms with Crippen molar-refractivity contribution in [2.75, 3.05) is 0 Å². The highest BCUT2D eigenvalue weighted by Crippen LogP contribution is 2.33. The maximum Gasteiger partial charge on any atom is 0.0836 e. The Morgan fingerprint density at radius 3 is 1.43 bits per heavy atom. The Hall–Kier alpha value is -0.346. The summed E-state index contributed by atoms with van der Waals surface area (Å²) >= 11 is 0. The predicted octanol–water partition coefficient (Wildman–Crippen LogP) is 8.56. The third-order valence-electron chi connectivity index (χ3n) is 7.40. The van der Waals surface area contributed by atoms with Crippen LogP contribution in [0.3, 0.4) is 0 Å². The summed E-state index contributed by atoms with van der Waals surface area (Å²) < 4.78 is 0. The molecule has 0 aliphatic heterocycles. The van der Waals surface area contributed by atoms with Crippen LogP contribution >= 0.6 is 0 Å². The van der Waals surface area contributed by atoms with E-state index in [0.717, 1.165) is 5.54 Å². The number of benzene rings is 1. The smallest absolute Gasteiger partial charge is 0.0682 e. The zero-order valence-corrected chi connectivity index (χ0v) is 23.7. The van der Waals surface area contributed by atoms with Gasteiger partial charge in [0.1, 0.15) is 0 Å². The minimum atomic E-state index is -1.41. The molecule has 0 saturated heterocycles. The Labute approximate surface area is 193 Å². The summed E-state index contributed by atoms with van der Waals surface area (Å²) in [4.78, 5) is 0. The normalized spacial score (nSPS) is 13.2. The van der Waals surface area contributed by atoms with Crippen LogP contribution in [0.25, 0.3) is 0 Å². The van der Waals surface area contributed by atoms with Crippen molar-refractivity contribution in [1.29, 1.82) is 0 Å². The Bertz CT molecular complexity index is 518. The summed E-state index contributed by atoms with van der Waals surface area (Å²) in [6.45, 7) is 14.9. The zero-order valence-electron chi connectivity index (χ0n) is 21.6. The molecule has 1 rings (SSSR count). The second-order valence-electron chi connectivity index (χ2n) is 10.7. The van der Waals surface area contributed by atoms with Crippen LogP contribution in [0.2, 0.25) is 31.7 Å². The lowest BCUT2D eigenvalue weighted by Gasteiger charge is -2.34. The first-order valence-corrected chi connectivity index (χ1v) is 19.5. The molecule has 0 N–H and O–H groups in total. The van der Waals surface area contributed by atoms with Gasteiger partial charge in [0.2, 0.25) is 0 Å². The standard InChI is InChI=1S/C28H54Si2/c1-7-9-11-13-15-17-19-21-27(20-18-16-14-12-10-8-2)30(5,6)28-24-22-26(23-25-28)29(3)4/h22-25,27,29H,7-21H2,1-6H3. The molecule has 2 heteroatoms. The van der Waals surface area contributed by atoms with Crippen LogP contribution in [0.15, 0.2) is 24.3 Å². The SMILES string of the molecule is CCCCCCCCCC(CCCCCCCC)[Si](C)(C)c1ccc([SiH](C)C)cc1. The summed E-state index contributed by atoms with van der Waals surface area (Å²) in [6, 6.07) is 9.98. The van der Waals surface area contributed by atoms with E-state index in [1.807, 2.05) is 0 Å². The van der Waals surface area contributed by atoms with Crippen molar-refractivity contribution in [3.05, 3.63) is 24.3 Å².